The Morgan fingerprint density at radius 2 is 1.84 bits per heavy atom. The molecule has 1 fully saturated rings. The minimum Gasteiger partial charge on any atom is -0.483 e. The highest BCUT2D eigenvalue weighted by atomic mass is 16.5. The Morgan fingerprint density at radius 3 is 2.55 bits per heavy atom. The Labute approximate surface area is 185 Å². The van der Waals surface area contributed by atoms with Gasteiger partial charge >= 0.3 is 0 Å². The maximum absolute atomic E-state index is 12.7. The van der Waals surface area contributed by atoms with Crippen LogP contribution in [0, 0.1) is 0 Å². The van der Waals surface area contributed by atoms with Crippen LogP contribution in [-0.4, -0.2) is 60.4 Å². The largest absolute Gasteiger partial charge is 0.483 e. The van der Waals surface area contributed by atoms with Crippen molar-refractivity contribution in [2.45, 2.75) is 52.6 Å². The van der Waals surface area contributed by atoms with Gasteiger partial charge in [0.15, 0.2) is 6.61 Å². The van der Waals surface area contributed by atoms with Crippen LogP contribution in [0.25, 0.3) is 10.8 Å². The molecule has 0 bridgehead atoms. The van der Waals surface area contributed by atoms with Crippen molar-refractivity contribution in [3.05, 3.63) is 42.0 Å². The highest BCUT2D eigenvalue weighted by Gasteiger charge is 2.19. The number of nitrogens with one attached hydrogen (secondary N) is 1. The SMILES string of the molecule is CCN(CC(=O)NC(C)C)C(=O)COc1ccc2ccccc2c1CN1CCCCC1. The van der Waals surface area contributed by atoms with Crippen LogP contribution in [0.2, 0.25) is 0 Å². The summed E-state index contributed by atoms with van der Waals surface area (Å²) >= 11 is 0. The summed E-state index contributed by atoms with van der Waals surface area (Å²) in [7, 11) is 0. The lowest BCUT2D eigenvalue weighted by atomic mass is 10.0. The topological polar surface area (TPSA) is 61.9 Å². The number of amides is 2. The molecule has 0 atom stereocenters. The first-order chi connectivity index (χ1) is 15.0. The van der Waals surface area contributed by atoms with Gasteiger partial charge in [-0.25, -0.2) is 0 Å². The van der Waals surface area contributed by atoms with Gasteiger partial charge in [-0.1, -0.05) is 36.8 Å². The summed E-state index contributed by atoms with van der Waals surface area (Å²) in [6, 6.07) is 12.4. The molecule has 0 saturated carbocycles. The number of fused-ring (bicyclic) bond motifs is 1. The van der Waals surface area contributed by atoms with Crippen molar-refractivity contribution in [1.82, 2.24) is 15.1 Å². The lowest BCUT2D eigenvalue weighted by molar-refractivity contribution is -0.137. The van der Waals surface area contributed by atoms with Crippen molar-refractivity contribution in [2.24, 2.45) is 0 Å². The van der Waals surface area contributed by atoms with E-state index in [1.165, 1.54) is 34.9 Å². The molecule has 2 aromatic carbocycles. The zero-order chi connectivity index (χ0) is 22.2. The zero-order valence-electron chi connectivity index (χ0n) is 19.0. The van der Waals surface area contributed by atoms with E-state index in [1.54, 1.807) is 0 Å². The molecule has 0 spiro atoms. The van der Waals surface area contributed by atoms with Gasteiger partial charge in [-0.15, -0.1) is 0 Å². The number of rotatable bonds is 9. The molecule has 1 heterocycles. The van der Waals surface area contributed by atoms with Crippen LogP contribution in [-0.2, 0) is 16.1 Å². The summed E-state index contributed by atoms with van der Waals surface area (Å²) < 4.78 is 6.04. The summed E-state index contributed by atoms with van der Waals surface area (Å²) in [4.78, 5) is 28.8. The van der Waals surface area contributed by atoms with Crippen LogP contribution in [0.4, 0.5) is 0 Å². The van der Waals surface area contributed by atoms with E-state index in [-0.39, 0.29) is 31.0 Å². The van der Waals surface area contributed by atoms with Crippen molar-refractivity contribution < 1.29 is 14.3 Å². The van der Waals surface area contributed by atoms with E-state index in [4.69, 9.17) is 4.74 Å². The number of hydrogen-bond donors (Lipinski definition) is 1. The van der Waals surface area contributed by atoms with Gasteiger partial charge in [-0.05, 0) is 63.5 Å². The first-order valence-electron chi connectivity index (χ1n) is 11.4. The molecule has 31 heavy (non-hydrogen) atoms. The predicted molar refractivity (Wildman–Crippen MR) is 124 cm³/mol. The molecule has 2 aromatic rings. The standard InChI is InChI=1S/C25H35N3O3/c1-4-28(17-24(29)26-19(2)3)25(30)18-31-23-13-12-20-10-6-7-11-21(20)22(23)16-27-14-8-5-9-15-27/h6-7,10-13,19H,4-5,8-9,14-18H2,1-3H3,(H,26,29). The minimum absolute atomic E-state index is 0.0486. The zero-order valence-corrected chi connectivity index (χ0v) is 19.0. The van der Waals surface area contributed by atoms with Crippen LogP contribution in [0.5, 0.6) is 5.75 Å². The van der Waals surface area contributed by atoms with E-state index < -0.39 is 0 Å². The van der Waals surface area contributed by atoms with Crippen LogP contribution in [0.15, 0.2) is 36.4 Å². The fourth-order valence-corrected chi connectivity index (χ4v) is 4.10. The molecule has 1 saturated heterocycles. The number of likely N-dealkylation sites (tertiary alicyclic amines) is 1. The van der Waals surface area contributed by atoms with Gasteiger partial charge in [0.2, 0.25) is 5.91 Å². The Bertz CT molecular complexity index is 891. The maximum Gasteiger partial charge on any atom is 0.260 e. The molecule has 0 aliphatic carbocycles. The van der Waals surface area contributed by atoms with Gasteiger partial charge in [0.1, 0.15) is 5.75 Å². The highest BCUT2D eigenvalue weighted by molar-refractivity contribution is 5.88. The monoisotopic (exact) mass is 425 g/mol. The van der Waals surface area contributed by atoms with Crippen molar-refractivity contribution >= 4 is 22.6 Å². The smallest absolute Gasteiger partial charge is 0.260 e. The predicted octanol–water partition coefficient (Wildman–Crippen LogP) is 3.58. The fourth-order valence-electron chi connectivity index (χ4n) is 4.10. The van der Waals surface area contributed by atoms with Gasteiger partial charge in [0.25, 0.3) is 5.91 Å². The molecule has 2 amide bonds. The average molecular weight is 426 g/mol. The third kappa shape index (κ3) is 6.44. The lowest BCUT2D eigenvalue weighted by Crippen LogP contribution is -2.44. The fraction of sp³-hybridized carbons (Fsp3) is 0.520. The molecular weight excluding hydrogens is 390 g/mol. The summed E-state index contributed by atoms with van der Waals surface area (Å²) in [5.41, 5.74) is 1.13. The van der Waals surface area contributed by atoms with Gasteiger partial charge in [-0.2, -0.15) is 0 Å². The Balaban J connectivity index is 1.73. The number of carbonyl (C=O) groups excluding carboxylic acids is 2. The van der Waals surface area contributed by atoms with Gasteiger partial charge in [-0.3, -0.25) is 14.5 Å². The molecular formula is C25H35N3O3. The van der Waals surface area contributed by atoms with Crippen LogP contribution in [0.3, 0.4) is 0 Å². The molecule has 3 rings (SSSR count). The second-order valence-electron chi connectivity index (χ2n) is 8.52. The molecule has 0 radical (unpaired) electrons. The third-order valence-electron chi connectivity index (χ3n) is 5.70. The molecule has 0 aromatic heterocycles. The van der Waals surface area contributed by atoms with Gasteiger partial charge < -0.3 is 15.0 Å². The van der Waals surface area contributed by atoms with Gasteiger partial charge in [0.05, 0.1) is 6.54 Å². The van der Waals surface area contributed by atoms with Crippen molar-refractivity contribution in [3.8, 4) is 5.75 Å². The number of carbonyl (C=O) groups is 2. The second-order valence-corrected chi connectivity index (χ2v) is 8.52. The number of likely N-dealkylation sites (N-methyl/N-ethyl adjacent to an activating group) is 1. The molecule has 1 aliphatic heterocycles. The number of nitrogens with zero attached hydrogens (tertiary/aromatic N) is 2. The van der Waals surface area contributed by atoms with E-state index in [9.17, 15) is 9.59 Å². The van der Waals surface area contributed by atoms with Crippen LogP contribution >= 0.6 is 0 Å². The van der Waals surface area contributed by atoms with E-state index >= 15 is 0 Å². The number of hydrogen-bond acceptors (Lipinski definition) is 4. The first-order valence-corrected chi connectivity index (χ1v) is 11.4. The van der Waals surface area contributed by atoms with E-state index in [0.29, 0.717) is 6.54 Å². The normalized spacial score (nSPS) is 14.6. The molecule has 1 aliphatic rings. The molecule has 6 nitrogen and oxygen atoms in total. The highest BCUT2D eigenvalue weighted by Crippen LogP contribution is 2.30. The number of ether oxygens (including phenoxy) is 1. The van der Waals surface area contributed by atoms with E-state index in [0.717, 1.165) is 30.9 Å². The maximum atomic E-state index is 12.7. The van der Waals surface area contributed by atoms with Crippen LogP contribution in [0.1, 0.15) is 45.6 Å². The third-order valence-corrected chi connectivity index (χ3v) is 5.70. The van der Waals surface area contributed by atoms with Gasteiger partial charge in [0, 0.05) is 24.7 Å². The lowest BCUT2D eigenvalue weighted by Gasteiger charge is -2.28. The van der Waals surface area contributed by atoms with Crippen molar-refractivity contribution in [3.63, 3.8) is 0 Å². The first kappa shape index (κ1) is 23.1. The molecule has 0 unspecified atom stereocenters. The van der Waals surface area contributed by atoms with E-state index in [1.807, 2.05) is 45.0 Å². The summed E-state index contributed by atoms with van der Waals surface area (Å²) in [5.74, 6) is 0.417. The molecule has 168 valence electrons. The summed E-state index contributed by atoms with van der Waals surface area (Å²) in [6.45, 7) is 9.13. The summed E-state index contributed by atoms with van der Waals surface area (Å²) in [5, 5.41) is 5.17. The molecule has 6 heteroatoms. The Morgan fingerprint density at radius 1 is 1.10 bits per heavy atom. The average Bonchev–Trinajstić information content (AvgIpc) is 2.77. The van der Waals surface area contributed by atoms with Crippen molar-refractivity contribution in [1.29, 1.82) is 0 Å². The number of benzene rings is 2. The quantitative estimate of drug-likeness (QED) is 0.667. The second kappa shape index (κ2) is 11.1. The Hall–Kier alpha value is -2.60. The van der Waals surface area contributed by atoms with E-state index in [2.05, 4.69) is 22.3 Å². The Kier molecular flexibility index (Phi) is 8.29. The number of piperidine rings is 1. The van der Waals surface area contributed by atoms with Crippen molar-refractivity contribution in [2.75, 3.05) is 32.8 Å². The molecule has 1 N–H and O–H groups in total. The summed E-state index contributed by atoms with van der Waals surface area (Å²) in [6.07, 6.45) is 3.74. The minimum atomic E-state index is -0.182. The van der Waals surface area contributed by atoms with Crippen LogP contribution < -0.4 is 10.1 Å².